The van der Waals surface area contributed by atoms with Crippen molar-refractivity contribution < 1.29 is 0 Å². The van der Waals surface area contributed by atoms with E-state index < -0.39 is 0 Å². The zero-order chi connectivity index (χ0) is 11.8. The average Bonchev–Trinajstić information content (AvgIpc) is 2.26. The monoisotopic (exact) mass is 407 g/mol. The van der Waals surface area contributed by atoms with Crippen molar-refractivity contribution in [1.82, 2.24) is 0 Å². The third-order valence-electron chi connectivity index (χ3n) is 2.72. The summed E-state index contributed by atoms with van der Waals surface area (Å²) in [5.41, 5.74) is 2.55. The van der Waals surface area contributed by atoms with Gasteiger partial charge in [0, 0.05) is 12.2 Å². The van der Waals surface area contributed by atoms with Crippen LogP contribution >= 0.6 is 47.8 Å². The molecule has 1 aromatic carbocycles. The van der Waals surface area contributed by atoms with Crippen LogP contribution in [0.15, 0.2) is 30.3 Å². The molecule has 0 saturated carbocycles. The first-order valence-electron chi connectivity index (χ1n) is 5.14. The van der Waals surface area contributed by atoms with Gasteiger partial charge in [-0.1, -0.05) is 78.1 Å². The number of benzene rings is 1. The first-order valence-corrected chi connectivity index (χ1v) is 7.52. The minimum atomic E-state index is -0.285. The average molecular weight is 410 g/mol. The van der Waals surface area contributed by atoms with Crippen LogP contribution in [0.5, 0.6) is 0 Å². The topological polar surface area (TPSA) is 3.24 Å². The highest BCUT2D eigenvalue weighted by Crippen LogP contribution is 2.44. The minimum Gasteiger partial charge on any atom is -0.362 e. The predicted octanol–water partition coefficient (Wildman–Crippen LogP) is 4.75. The van der Waals surface area contributed by atoms with Crippen molar-refractivity contribution in [3.63, 3.8) is 0 Å². The van der Waals surface area contributed by atoms with Crippen molar-refractivity contribution in [3.8, 4) is 0 Å². The molecule has 1 unspecified atom stereocenters. The van der Waals surface area contributed by atoms with Crippen molar-refractivity contribution in [1.29, 1.82) is 0 Å². The van der Waals surface area contributed by atoms with Crippen LogP contribution in [-0.2, 0) is 0 Å². The van der Waals surface area contributed by atoms with E-state index in [1.54, 1.807) is 0 Å². The molecule has 0 radical (unpaired) electrons. The van der Waals surface area contributed by atoms with Crippen molar-refractivity contribution >= 4 is 59.6 Å². The minimum absolute atomic E-state index is 0.243. The van der Waals surface area contributed by atoms with Gasteiger partial charge in [-0.25, -0.2) is 0 Å². The molecule has 1 heterocycles. The largest absolute Gasteiger partial charge is 0.362 e. The molecule has 0 aromatic heterocycles. The van der Waals surface area contributed by atoms with Gasteiger partial charge in [0.15, 0.2) is 2.14 Å². The molecule has 16 heavy (non-hydrogen) atoms. The van der Waals surface area contributed by atoms with E-state index in [0.717, 1.165) is 6.54 Å². The molecule has 4 heteroatoms. The summed E-state index contributed by atoms with van der Waals surface area (Å²) in [5, 5.41) is 0. The highest BCUT2D eigenvalue weighted by molar-refractivity contribution is 9.39. The summed E-state index contributed by atoms with van der Waals surface area (Å²) in [7, 11) is 0. The summed E-state index contributed by atoms with van der Waals surface area (Å²) in [4.78, 5) is 2.35. The lowest BCUT2D eigenvalue weighted by Gasteiger charge is -2.39. The number of rotatable bonds is 1. The number of fused-ring (bicyclic) bond motifs is 1. The van der Waals surface area contributed by atoms with Gasteiger partial charge in [-0.05, 0) is 18.6 Å². The summed E-state index contributed by atoms with van der Waals surface area (Å²) < 4.78 is -0.285. The third kappa shape index (κ3) is 2.39. The van der Waals surface area contributed by atoms with E-state index >= 15 is 0 Å². The maximum atomic E-state index is 3.61. The highest BCUT2D eigenvalue weighted by atomic mass is 80.0. The van der Waals surface area contributed by atoms with E-state index in [0.29, 0.717) is 0 Å². The number of nitrogens with zero attached hydrogens (tertiary/aromatic N) is 1. The Kier molecular flexibility index (Phi) is 3.82. The lowest BCUT2D eigenvalue weighted by atomic mass is 10.0. The van der Waals surface area contributed by atoms with Gasteiger partial charge in [0.25, 0.3) is 0 Å². The summed E-state index contributed by atoms with van der Waals surface area (Å²) in [6, 6.07) is 8.70. The molecular weight excluding hydrogens is 398 g/mol. The number of para-hydroxylation sites is 1. The van der Waals surface area contributed by atoms with Crippen LogP contribution in [0.3, 0.4) is 0 Å². The zero-order valence-electron chi connectivity index (χ0n) is 8.83. The number of anilines is 1. The van der Waals surface area contributed by atoms with Crippen LogP contribution in [0.1, 0.15) is 12.5 Å². The van der Waals surface area contributed by atoms with Crippen LogP contribution in [0.2, 0.25) is 0 Å². The number of likely N-dealkylation sites (N-methyl/N-ethyl adjacent to an activating group) is 1. The molecule has 1 atom stereocenters. The molecule has 1 aliphatic heterocycles. The second-order valence-corrected chi connectivity index (χ2v) is 10.6. The molecule has 0 bridgehead atoms. The highest BCUT2D eigenvalue weighted by Gasteiger charge is 2.35. The van der Waals surface area contributed by atoms with Crippen molar-refractivity contribution in [3.05, 3.63) is 35.9 Å². The first kappa shape index (κ1) is 12.7. The Morgan fingerprint density at radius 1 is 1.25 bits per heavy atom. The Balaban J connectivity index is 2.44. The van der Waals surface area contributed by atoms with Crippen molar-refractivity contribution in [2.45, 2.75) is 15.1 Å². The second-order valence-electron chi connectivity index (χ2n) is 3.69. The standard InChI is InChI=1S/C12H12Br3N/c1-2-16-10-6-4-3-5-9(10)7-8-11(16)12(13,14)15/h3-8,11H,2H2,1H3. The molecule has 0 N–H and O–H groups in total. The fourth-order valence-electron chi connectivity index (χ4n) is 1.99. The molecule has 86 valence electrons. The second kappa shape index (κ2) is 4.83. The van der Waals surface area contributed by atoms with Crippen molar-refractivity contribution in [2.75, 3.05) is 11.4 Å². The first-order chi connectivity index (χ1) is 7.54. The van der Waals surface area contributed by atoms with Crippen LogP contribution in [0, 0.1) is 0 Å². The number of alkyl halides is 3. The van der Waals surface area contributed by atoms with E-state index in [1.165, 1.54) is 11.3 Å². The van der Waals surface area contributed by atoms with E-state index in [2.05, 4.69) is 96.0 Å². The van der Waals surface area contributed by atoms with E-state index in [1.807, 2.05) is 0 Å². The molecule has 1 aliphatic rings. The Morgan fingerprint density at radius 3 is 2.56 bits per heavy atom. The Bertz CT molecular complexity index is 409. The maximum Gasteiger partial charge on any atom is 0.158 e. The summed E-state index contributed by atoms with van der Waals surface area (Å²) in [6.07, 6.45) is 4.37. The molecule has 0 aliphatic carbocycles. The maximum absolute atomic E-state index is 3.61. The number of hydrogen-bond acceptors (Lipinski definition) is 1. The van der Waals surface area contributed by atoms with Gasteiger partial charge in [0.05, 0.1) is 6.04 Å². The number of hydrogen-bond donors (Lipinski definition) is 0. The predicted molar refractivity (Wildman–Crippen MR) is 81.8 cm³/mol. The van der Waals surface area contributed by atoms with E-state index in [-0.39, 0.29) is 8.18 Å². The lowest BCUT2D eigenvalue weighted by molar-refractivity contribution is 0.739. The van der Waals surface area contributed by atoms with Gasteiger partial charge >= 0.3 is 0 Å². The summed E-state index contributed by atoms with van der Waals surface area (Å²) >= 11 is 10.8. The smallest absolute Gasteiger partial charge is 0.158 e. The molecule has 1 nitrogen and oxygen atoms in total. The van der Waals surface area contributed by atoms with Crippen LogP contribution < -0.4 is 4.90 Å². The van der Waals surface area contributed by atoms with Gasteiger partial charge in [-0.3, -0.25) is 0 Å². The molecule has 1 aromatic rings. The van der Waals surface area contributed by atoms with Gasteiger partial charge in [-0.2, -0.15) is 0 Å². The zero-order valence-corrected chi connectivity index (χ0v) is 13.6. The fourth-order valence-corrected chi connectivity index (χ4v) is 3.19. The molecular formula is C12H12Br3N. The van der Waals surface area contributed by atoms with Gasteiger partial charge in [0.1, 0.15) is 0 Å². The normalized spacial score (nSPS) is 19.8. The fraction of sp³-hybridized carbons (Fsp3) is 0.333. The van der Waals surface area contributed by atoms with Crippen molar-refractivity contribution in [2.24, 2.45) is 0 Å². The molecule has 0 fully saturated rings. The molecule has 0 amide bonds. The molecule has 0 spiro atoms. The summed E-state index contributed by atoms with van der Waals surface area (Å²) in [5.74, 6) is 0. The van der Waals surface area contributed by atoms with Crippen LogP contribution in [0.25, 0.3) is 6.08 Å². The SMILES string of the molecule is CCN1c2ccccc2C=CC1C(Br)(Br)Br. The summed E-state index contributed by atoms with van der Waals surface area (Å²) in [6.45, 7) is 3.14. The Labute approximate surface area is 121 Å². The lowest BCUT2D eigenvalue weighted by Crippen LogP contribution is -2.43. The molecule has 2 rings (SSSR count). The van der Waals surface area contributed by atoms with E-state index in [4.69, 9.17) is 0 Å². The molecule has 0 saturated heterocycles. The van der Waals surface area contributed by atoms with Gasteiger partial charge in [-0.15, -0.1) is 0 Å². The quantitative estimate of drug-likeness (QED) is 0.605. The van der Waals surface area contributed by atoms with Gasteiger partial charge in [0.2, 0.25) is 0 Å². The third-order valence-corrected chi connectivity index (χ3v) is 4.12. The number of halogens is 3. The Hall–Kier alpha value is 0.200. The van der Waals surface area contributed by atoms with Crippen LogP contribution in [-0.4, -0.2) is 14.7 Å². The Morgan fingerprint density at radius 2 is 1.94 bits per heavy atom. The van der Waals surface area contributed by atoms with Gasteiger partial charge < -0.3 is 4.90 Å². The van der Waals surface area contributed by atoms with E-state index in [9.17, 15) is 0 Å². The van der Waals surface area contributed by atoms with Crippen LogP contribution in [0.4, 0.5) is 5.69 Å².